The molecule has 2 rings (SSSR count). The van der Waals surface area contributed by atoms with Gasteiger partial charge in [0.05, 0.1) is 5.38 Å². The van der Waals surface area contributed by atoms with E-state index in [0.717, 1.165) is 19.3 Å². The quantitative estimate of drug-likeness (QED) is 0.702. The summed E-state index contributed by atoms with van der Waals surface area (Å²) in [6.45, 7) is 8.33. The molecule has 0 N–H and O–H groups in total. The smallest absolute Gasteiger partial charge is 0.223 e. The second-order valence-corrected chi connectivity index (χ2v) is 7.40. The number of carbonyl (C=O) groups is 1. The van der Waals surface area contributed by atoms with Gasteiger partial charge in [0.15, 0.2) is 0 Å². The molecule has 0 heterocycles. The first kappa shape index (κ1) is 17.3. The average molecular weight is 322 g/mol. The lowest BCUT2D eigenvalue weighted by Gasteiger charge is -2.33. The van der Waals surface area contributed by atoms with Crippen molar-refractivity contribution < 1.29 is 4.79 Å². The van der Waals surface area contributed by atoms with E-state index in [2.05, 4.69) is 52.0 Å². The molecule has 2 nitrogen and oxygen atoms in total. The minimum absolute atomic E-state index is 0.0456. The molecule has 1 aromatic rings. The van der Waals surface area contributed by atoms with Crippen molar-refractivity contribution in [1.29, 1.82) is 0 Å². The van der Waals surface area contributed by atoms with Crippen LogP contribution in [0.3, 0.4) is 0 Å². The normalized spacial score (nSPS) is 21.0. The molecule has 3 heteroatoms. The molecule has 22 heavy (non-hydrogen) atoms. The number of aryl methyl sites for hydroxylation is 1. The molecule has 1 aromatic carbocycles. The van der Waals surface area contributed by atoms with Gasteiger partial charge in [-0.1, -0.05) is 24.3 Å². The average Bonchev–Trinajstić information content (AvgIpc) is 2.46. The Hall–Kier alpha value is -1.02. The highest BCUT2D eigenvalue weighted by Gasteiger charge is 2.29. The van der Waals surface area contributed by atoms with E-state index in [1.165, 1.54) is 11.1 Å². The van der Waals surface area contributed by atoms with E-state index in [9.17, 15) is 4.79 Å². The molecule has 2 unspecified atom stereocenters. The van der Waals surface area contributed by atoms with Crippen LogP contribution in [0, 0.1) is 5.92 Å². The van der Waals surface area contributed by atoms with Gasteiger partial charge in [-0.3, -0.25) is 4.79 Å². The van der Waals surface area contributed by atoms with Crippen LogP contribution in [-0.4, -0.2) is 22.9 Å². The van der Waals surface area contributed by atoms with Crippen molar-refractivity contribution in [3.8, 4) is 0 Å². The first-order valence-corrected chi connectivity index (χ1v) is 8.88. The summed E-state index contributed by atoms with van der Waals surface area (Å²) >= 11 is 6.68. The van der Waals surface area contributed by atoms with Crippen molar-refractivity contribution in [3.63, 3.8) is 0 Å². The molecule has 0 spiro atoms. The number of alkyl halides is 1. The fraction of sp³-hybridized carbons (Fsp3) is 0.632. The van der Waals surface area contributed by atoms with E-state index in [1.807, 2.05) is 4.90 Å². The maximum absolute atomic E-state index is 12.5. The van der Waals surface area contributed by atoms with E-state index in [0.29, 0.717) is 12.3 Å². The fourth-order valence-corrected chi connectivity index (χ4v) is 4.14. The third-order valence-electron chi connectivity index (χ3n) is 4.68. The molecule has 0 saturated carbocycles. The third kappa shape index (κ3) is 3.84. The van der Waals surface area contributed by atoms with Gasteiger partial charge in [-0.15, -0.1) is 11.6 Å². The molecule has 1 aliphatic rings. The molecule has 0 fully saturated rings. The number of halogens is 1. The molecule has 1 amide bonds. The lowest BCUT2D eigenvalue weighted by molar-refractivity contribution is -0.135. The van der Waals surface area contributed by atoms with Gasteiger partial charge in [0, 0.05) is 18.5 Å². The van der Waals surface area contributed by atoms with Crippen LogP contribution in [0.5, 0.6) is 0 Å². The van der Waals surface area contributed by atoms with Gasteiger partial charge in [-0.2, -0.15) is 0 Å². The minimum Gasteiger partial charge on any atom is -0.338 e. The summed E-state index contributed by atoms with van der Waals surface area (Å²) in [5.74, 6) is 0.661. The number of benzene rings is 1. The Kier molecular flexibility index (Phi) is 5.91. The van der Waals surface area contributed by atoms with Crippen molar-refractivity contribution in [2.24, 2.45) is 5.92 Å². The second-order valence-electron chi connectivity index (χ2n) is 6.93. The molecule has 0 aliphatic heterocycles. The molecule has 1 aliphatic carbocycles. The van der Waals surface area contributed by atoms with E-state index in [-0.39, 0.29) is 23.4 Å². The van der Waals surface area contributed by atoms with Crippen LogP contribution in [0.4, 0.5) is 0 Å². The Morgan fingerprint density at radius 3 is 2.50 bits per heavy atom. The van der Waals surface area contributed by atoms with Crippen LogP contribution >= 0.6 is 11.6 Å². The minimum atomic E-state index is 0.0456. The first-order chi connectivity index (χ1) is 10.4. The van der Waals surface area contributed by atoms with E-state index in [1.54, 1.807) is 0 Å². The van der Waals surface area contributed by atoms with Crippen molar-refractivity contribution in [1.82, 2.24) is 4.90 Å². The number of nitrogens with zero attached hydrogens (tertiary/aromatic N) is 1. The molecule has 0 radical (unpaired) electrons. The molecular formula is C19H28ClNO. The topological polar surface area (TPSA) is 20.3 Å². The molecular weight excluding hydrogens is 294 g/mol. The number of hydrogen-bond acceptors (Lipinski definition) is 1. The van der Waals surface area contributed by atoms with Gasteiger partial charge in [0.25, 0.3) is 0 Å². The molecule has 122 valence electrons. The molecule has 0 aromatic heterocycles. The lowest BCUT2D eigenvalue weighted by Crippen LogP contribution is -2.42. The van der Waals surface area contributed by atoms with Crippen molar-refractivity contribution in [2.75, 3.05) is 0 Å². The van der Waals surface area contributed by atoms with Crippen LogP contribution in [0.15, 0.2) is 24.3 Å². The summed E-state index contributed by atoms with van der Waals surface area (Å²) < 4.78 is 0. The zero-order valence-electron chi connectivity index (χ0n) is 14.2. The fourth-order valence-electron chi connectivity index (χ4n) is 3.67. The van der Waals surface area contributed by atoms with E-state index >= 15 is 0 Å². The zero-order chi connectivity index (χ0) is 16.3. The van der Waals surface area contributed by atoms with Crippen molar-refractivity contribution in [2.45, 2.75) is 70.8 Å². The number of carbonyl (C=O) groups excluding carboxylic acids is 1. The number of hydrogen-bond donors (Lipinski definition) is 0. The van der Waals surface area contributed by atoms with E-state index in [4.69, 9.17) is 11.6 Å². The van der Waals surface area contributed by atoms with Gasteiger partial charge in [-0.05, 0) is 64.0 Å². The Morgan fingerprint density at radius 2 is 1.86 bits per heavy atom. The maximum atomic E-state index is 12.5. The highest BCUT2D eigenvalue weighted by molar-refractivity contribution is 6.21. The summed E-state index contributed by atoms with van der Waals surface area (Å²) in [5.41, 5.74) is 2.63. The van der Waals surface area contributed by atoms with E-state index < -0.39 is 0 Å². The highest BCUT2D eigenvalue weighted by atomic mass is 35.5. The molecule has 0 bridgehead atoms. The zero-order valence-corrected chi connectivity index (χ0v) is 14.9. The Balaban J connectivity index is 1.97. The van der Waals surface area contributed by atoms with Crippen LogP contribution < -0.4 is 0 Å². The number of rotatable bonds is 5. The van der Waals surface area contributed by atoms with Gasteiger partial charge in [0.1, 0.15) is 0 Å². The first-order valence-electron chi connectivity index (χ1n) is 8.44. The predicted octanol–water partition coefficient (Wildman–Crippen LogP) is 4.95. The standard InChI is InChI=1S/C19H28ClNO/c1-13(2)21(14(3)4)18(22)12-11-16-10-9-15-7-5-6-8-17(15)19(16)20/h5-8,13-14,16,19H,9-12H2,1-4H3. The van der Waals surface area contributed by atoms with Crippen molar-refractivity contribution >= 4 is 17.5 Å². The third-order valence-corrected chi connectivity index (χ3v) is 5.27. The summed E-state index contributed by atoms with van der Waals surface area (Å²) in [5, 5.41) is 0.0456. The molecule has 0 saturated heterocycles. The largest absolute Gasteiger partial charge is 0.338 e. The van der Waals surface area contributed by atoms with Gasteiger partial charge in [-0.25, -0.2) is 0 Å². The second kappa shape index (κ2) is 7.50. The summed E-state index contributed by atoms with van der Waals surface area (Å²) in [6.07, 6.45) is 3.65. The van der Waals surface area contributed by atoms with Gasteiger partial charge < -0.3 is 4.90 Å². The van der Waals surface area contributed by atoms with Crippen molar-refractivity contribution in [3.05, 3.63) is 35.4 Å². The van der Waals surface area contributed by atoms with Gasteiger partial charge >= 0.3 is 0 Å². The monoisotopic (exact) mass is 321 g/mol. The highest BCUT2D eigenvalue weighted by Crippen LogP contribution is 2.41. The SMILES string of the molecule is CC(C)N(C(=O)CCC1CCc2ccccc2C1Cl)C(C)C. The van der Waals surface area contributed by atoms with Gasteiger partial charge in [0.2, 0.25) is 5.91 Å². The van der Waals surface area contributed by atoms with Crippen LogP contribution in [0.1, 0.15) is 63.5 Å². The summed E-state index contributed by atoms with van der Waals surface area (Å²) in [6, 6.07) is 8.95. The summed E-state index contributed by atoms with van der Waals surface area (Å²) in [4.78, 5) is 14.5. The summed E-state index contributed by atoms with van der Waals surface area (Å²) in [7, 11) is 0. The number of amides is 1. The maximum Gasteiger partial charge on any atom is 0.223 e. The predicted molar refractivity (Wildman–Crippen MR) is 93.2 cm³/mol. The van der Waals surface area contributed by atoms with Crippen LogP contribution in [0.2, 0.25) is 0 Å². The lowest BCUT2D eigenvalue weighted by atomic mass is 9.81. The Bertz CT molecular complexity index is 504. The van der Waals surface area contributed by atoms with Crippen LogP contribution in [-0.2, 0) is 11.2 Å². The number of fused-ring (bicyclic) bond motifs is 1. The molecule has 2 atom stereocenters. The van der Waals surface area contributed by atoms with Crippen LogP contribution in [0.25, 0.3) is 0 Å². The Morgan fingerprint density at radius 1 is 1.23 bits per heavy atom. The Labute approximate surface area is 139 Å².